The Morgan fingerprint density at radius 3 is 2.67 bits per heavy atom. The van der Waals surface area contributed by atoms with Crippen LogP contribution in [0.25, 0.3) is 0 Å². The molecule has 0 saturated carbocycles. The van der Waals surface area contributed by atoms with E-state index >= 15 is 0 Å². The van der Waals surface area contributed by atoms with Crippen molar-refractivity contribution >= 4 is 5.91 Å². The Hall–Kier alpha value is -1.42. The summed E-state index contributed by atoms with van der Waals surface area (Å²) in [6, 6.07) is 4.17. The zero-order valence-corrected chi connectivity index (χ0v) is 10.5. The van der Waals surface area contributed by atoms with Crippen molar-refractivity contribution in [3.8, 4) is 0 Å². The average Bonchev–Trinajstić information content (AvgIpc) is 2.61. The van der Waals surface area contributed by atoms with Crippen LogP contribution in [0.3, 0.4) is 0 Å². The number of rotatable bonds is 1. The van der Waals surface area contributed by atoms with E-state index in [0.29, 0.717) is 18.5 Å². The first-order valence-corrected chi connectivity index (χ1v) is 6.59. The monoisotopic (exact) mass is 246 g/mol. The lowest BCUT2D eigenvalue weighted by Gasteiger charge is -2.37. The maximum Gasteiger partial charge on any atom is 0.273 e. The van der Waals surface area contributed by atoms with Gasteiger partial charge in [0.05, 0.1) is 6.10 Å². The third kappa shape index (κ3) is 1.81. The second kappa shape index (κ2) is 4.35. The molecule has 4 nitrogen and oxygen atoms in total. The van der Waals surface area contributed by atoms with Crippen molar-refractivity contribution in [1.29, 1.82) is 0 Å². The lowest BCUT2D eigenvalue weighted by atomic mass is 9.99. The van der Waals surface area contributed by atoms with E-state index in [1.165, 1.54) is 0 Å². The van der Waals surface area contributed by atoms with Crippen LogP contribution in [0, 0.1) is 6.92 Å². The zero-order valence-electron chi connectivity index (χ0n) is 10.5. The number of carbonyl (C=O) groups is 1. The van der Waals surface area contributed by atoms with E-state index in [2.05, 4.69) is 4.98 Å². The van der Waals surface area contributed by atoms with Gasteiger partial charge in [0, 0.05) is 18.3 Å². The Balaban J connectivity index is 1.88. The van der Waals surface area contributed by atoms with Crippen LogP contribution < -0.4 is 0 Å². The SMILES string of the molecule is Cc1cccnc1C(=O)N1C2CCC1CC(O)C2. The molecule has 0 aromatic carbocycles. The van der Waals surface area contributed by atoms with E-state index < -0.39 is 0 Å². The van der Waals surface area contributed by atoms with Gasteiger partial charge in [0.1, 0.15) is 5.69 Å². The summed E-state index contributed by atoms with van der Waals surface area (Å²) in [7, 11) is 0. The highest BCUT2D eigenvalue weighted by Gasteiger charge is 2.43. The number of aliphatic hydroxyl groups excluding tert-OH is 1. The van der Waals surface area contributed by atoms with Gasteiger partial charge in [-0.2, -0.15) is 0 Å². The first-order valence-electron chi connectivity index (χ1n) is 6.59. The number of aryl methyl sites for hydroxylation is 1. The number of aromatic nitrogens is 1. The second-order valence-electron chi connectivity index (χ2n) is 5.39. The van der Waals surface area contributed by atoms with E-state index in [1.807, 2.05) is 24.0 Å². The summed E-state index contributed by atoms with van der Waals surface area (Å²) in [5, 5.41) is 9.76. The van der Waals surface area contributed by atoms with Crippen molar-refractivity contribution in [2.45, 2.75) is 50.8 Å². The van der Waals surface area contributed by atoms with E-state index in [9.17, 15) is 9.90 Å². The molecule has 3 heterocycles. The van der Waals surface area contributed by atoms with E-state index in [1.54, 1.807) is 6.20 Å². The molecule has 3 rings (SSSR count). The van der Waals surface area contributed by atoms with Gasteiger partial charge < -0.3 is 10.0 Å². The summed E-state index contributed by atoms with van der Waals surface area (Å²) >= 11 is 0. The van der Waals surface area contributed by atoms with Crippen LogP contribution in [0.1, 0.15) is 41.7 Å². The van der Waals surface area contributed by atoms with Gasteiger partial charge >= 0.3 is 0 Å². The Bertz CT molecular complexity index is 461. The first-order chi connectivity index (χ1) is 8.66. The minimum Gasteiger partial charge on any atom is -0.393 e. The molecule has 96 valence electrons. The third-order valence-electron chi connectivity index (χ3n) is 4.15. The Kier molecular flexibility index (Phi) is 2.82. The molecular weight excluding hydrogens is 228 g/mol. The minimum absolute atomic E-state index is 0.0347. The molecule has 1 aromatic heterocycles. The lowest BCUT2D eigenvalue weighted by Crippen LogP contribution is -2.48. The number of pyridine rings is 1. The molecule has 2 fully saturated rings. The Morgan fingerprint density at radius 1 is 1.39 bits per heavy atom. The average molecular weight is 246 g/mol. The van der Waals surface area contributed by atoms with Crippen molar-refractivity contribution in [3.63, 3.8) is 0 Å². The summed E-state index contributed by atoms with van der Waals surface area (Å²) in [5.41, 5.74) is 1.49. The number of amides is 1. The number of aliphatic hydroxyl groups is 1. The van der Waals surface area contributed by atoms with Crippen molar-refractivity contribution in [2.24, 2.45) is 0 Å². The molecule has 2 atom stereocenters. The summed E-state index contributed by atoms with van der Waals surface area (Å²) in [6.07, 6.45) is 4.89. The van der Waals surface area contributed by atoms with Crippen molar-refractivity contribution in [1.82, 2.24) is 9.88 Å². The fraction of sp³-hybridized carbons (Fsp3) is 0.571. The van der Waals surface area contributed by atoms with Gasteiger partial charge in [-0.1, -0.05) is 6.07 Å². The molecule has 2 saturated heterocycles. The van der Waals surface area contributed by atoms with E-state index in [0.717, 1.165) is 18.4 Å². The Labute approximate surface area is 107 Å². The fourth-order valence-electron chi connectivity index (χ4n) is 3.31. The summed E-state index contributed by atoms with van der Waals surface area (Å²) in [6.45, 7) is 1.92. The largest absolute Gasteiger partial charge is 0.393 e. The maximum atomic E-state index is 12.6. The molecule has 2 aliphatic heterocycles. The van der Waals surface area contributed by atoms with Crippen LogP contribution >= 0.6 is 0 Å². The van der Waals surface area contributed by atoms with Crippen LogP contribution in [0.4, 0.5) is 0 Å². The van der Waals surface area contributed by atoms with Gasteiger partial charge in [-0.3, -0.25) is 9.78 Å². The molecule has 0 spiro atoms. The number of fused-ring (bicyclic) bond motifs is 2. The van der Waals surface area contributed by atoms with Crippen molar-refractivity contribution in [2.75, 3.05) is 0 Å². The summed E-state index contributed by atoms with van der Waals surface area (Å²) in [4.78, 5) is 18.7. The first kappa shape index (κ1) is 11.7. The van der Waals surface area contributed by atoms with Crippen LogP contribution in [0.5, 0.6) is 0 Å². The predicted octanol–water partition coefficient (Wildman–Crippen LogP) is 1.52. The Morgan fingerprint density at radius 2 is 2.06 bits per heavy atom. The van der Waals surface area contributed by atoms with Gasteiger partial charge in [0.25, 0.3) is 5.91 Å². The normalized spacial score (nSPS) is 30.6. The van der Waals surface area contributed by atoms with Crippen LogP contribution in [0.2, 0.25) is 0 Å². The highest BCUT2D eigenvalue weighted by atomic mass is 16.3. The predicted molar refractivity (Wildman–Crippen MR) is 67.2 cm³/mol. The third-order valence-corrected chi connectivity index (χ3v) is 4.15. The molecule has 0 aliphatic carbocycles. The maximum absolute atomic E-state index is 12.6. The van der Waals surface area contributed by atoms with E-state index in [-0.39, 0.29) is 24.1 Å². The molecule has 2 unspecified atom stereocenters. The van der Waals surface area contributed by atoms with Crippen molar-refractivity contribution in [3.05, 3.63) is 29.6 Å². The number of piperidine rings is 1. The van der Waals surface area contributed by atoms with Gasteiger partial charge in [0.2, 0.25) is 0 Å². The van der Waals surface area contributed by atoms with Crippen LogP contribution in [-0.4, -0.2) is 39.1 Å². The number of hydrogen-bond acceptors (Lipinski definition) is 3. The number of nitrogens with zero attached hydrogens (tertiary/aromatic N) is 2. The second-order valence-corrected chi connectivity index (χ2v) is 5.39. The molecule has 2 bridgehead atoms. The molecule has 4 heteroatoms. The van der Waals surface area contributed by atoms with Gasteiger partial charge in [-0.25, -0.2) is 0 Å². The number of carbonyl (C=O) groups excluding carboxylic acids is 1. The van der Waals surface area contributed by atoms with Crippen LogP contribution in [-0.2, 0) is 0 Å². The molecule has 1 amide bonds. The highest BCUT2D eigenvalue weighted by molar-refractivity contribution is 5.94. The molecular formula is C14H18N2O2. The molecule has 1 N–H and O–H groups in total. The standard InChI is InChI=1S/C14H18N2O2/c1-9-3-2-6-15-13(9)14(18)16-10-4-5-11(16)8-12(17)7-10/h2-3,6,10-12,17H,4-5,7-8H2,1H3. The number of hydrogen-bond donors (Lipinski definition) is 1. The summed E-state index contributed by atoms with van der Waals surface area (Å²) < 4.78 is 0. The van der Waals surface area contributed by atoms with Crippen LogP contribution in [0.15, 0.2) is 18.3 Å². The quantitative estimate of drug-likeness (QED) is 0.817. The molecule has 0 radical (unpaired) electrons. The van der Waals surface area contributed by atoms with Gasteiger partial charge in [0.15, 0.2) is 0 Å². The molecule has 2 aliphatic rings. The smallest absolute Gasteiger partial charge is 0.273 e. The summed E-state index contributed by atoms with van der Waals surface area (Å²) in [5.74, 6) is 0.0347. The zero-order chi connectivity index (χ0) is 12.7. The topological polar surface area (TPSA) is 53.4 Å². The van der Waals surface area contributed by atoms with E-state index in [4.69, 9.17) is 0 Å². The lowest BCUT2D eigenvalue weighted by molar-refractivity contribution is 0.0282. The van der Waals surface area contributed by atoms with Gasteiger partial charge in [-0.05, 0) is 44.2 Å². The fourth-order valence-corrected chi connectivity index (χ4v) is 3.31. The molecule has 1 aromatic rings. The van der Waals surface area contributed by atoms with Gasteiger partial charge in [-0.15, -0.1) is 0 Å². The minimum atomic E-state index is -0.239. The highest BCUT2D eigenvalue weighted by Crippen LogP contribution is 2.36. The van der Waals surface area contributed by atoms with Crippen molar-refractivity contribution < 1.29 is 9.90 Å². The molecule has 18 heavy (non-hydrogen) atoms.